The van der Waals surface area contributed by atoms with E-state index in [1.807, 2.05) is 22.6 Å². The molecule has 2 aromatic carbocycles. The molecule has 0 fully saturated rings. The van der Waals surface area contributed by atoms with Crippen LogP contribution in [0, 0.1) is 0 Å². The van der Waals surface area contributed by atoms with Gasteiger partial charge in [-0.1, -0.05) is 23.5 Å². The van der Waals surface area contributed by atoms with Crippen molar-refractivity contribution < 1.29 is 18.7 Å². The number of para-hydroxylation sites is 1. The average molecular weight is 420 g/mol. The minimum absolute atomic E-state index is 0.328. The summed E-state index contributed by atoms with van der Waals surface area (Å²) < 4.78 is 18.7. The molecule has 0 bridgehead atoms. The standard InChI is InChI=1S/C22H16N2O5S/c1-3-28-20(25)13-7-8-16-18(10-13)30-22-23-15(11-24(16)22)14-9-12-5-4-6-17(27-2)19(12)29-21(14)26/h4-11H,3H2,1-2H3. The van der Waals surface area contributed by atoms with Gasteiger partial charge in [-0.05, 0) is 37.3 Å². The fraction of sp³-hybridized carbons (Fsp3) is 0.136. The second-order valence-electron chi connectivity index (χ2n) is 6.61. The van der Waals surface area contributed by atoms with Crippen LogP contribution in [-0.2, 0) is 4.74 Å². The molecule has 3 heterocycles. The Morgan fingerprint density at radius 1 is 1.23 bits per heavy atom. The summed E-state index contributed by atoms with van der Waals surface area (Å²) >= 11 is 1.43. The number of benzene rings is 2. The second kappa shape index (κ2) is 7.00. The minimum atomic E-state index is -0.480. The van der Waals surface area contributed by atoms with Gasteiger partial charge in [-0.15, -0.1) is 0 Å². The second-order valence-corrected chi connectivity index (χ2v) is 7.62. The first-order valence-corrected chi connectivity index (χ1v) is 10.1. The van der Waals surface area contributed by atoms with E-state index in [-0.39, 0.29) is 5.97 Å². The molecule has 30 heavy (non-hydrogen) atoms. The number of imidazole rings is 1. The molecule has 0 saturated carbocycles. The topological polar surface area (TPSA) is 83.0 Å². The maximum Gasteiger partial charge on any atom is 0.345 e. The summed E-state index contributed by atoms with van der Waals surface area (Å²) in [5.41, 5.74) is 2.23. The highest BCUT2D eigenvalue weighted by molar-refractivity contribution is 7.23. The Bertz CT molecular complexity index is 1490. The Morgan fingerprint density at radius 2 is 2.10 bits per heavy atom. The van der Waals surface area contributed by atoms with Crippen LogP contribution in [0.5, 0.6) is 5.75 Å². The van der Waals surface area contributed by atoms with Crippen LogP contribution in [-0.4, -0.2) is 29.1 Å². The Kier molecular flexibility index (Phi) is 4.29. The van der Waals surface area contributed by atoms with Crippen molar-refractivity contribution in [3.05, 3.63) is 64.6 Å². The third-order valence-corrected chi connectivity index (χ3v) is 5.84. The number of carbonyl (C=O) groups is 1. The number of nitrogens with zero attached hydrogens (tertiary/aromatic N) is 2. The Labute approximate surface area is 174 Å². The van der Waals surface area contributed by atoms with E-state index in [1.165, 1.54) is 18.4 Å². The fourth-order valence-corrected chi connectivity index (χ4v) is 4.48. The van der Waals surface area contributed by atoms with Gasteiger partial charge in [-0.2, -0.15) is 0 Å². The molecule has 150 valence electrons. The van der Waals surface area contributed by atoms with E-state index in [1.54, 1.807) is 37.4 Å². The first kappa shape index (κ1) is 18.4. The number of aromatic nitrogens is 2. The number of esters is 1. The molecule has 5 rings (SSSR count). The number of methoxy groups -OCH3 is 1. The van der Waals surface area contributed by atoms with E-state index in [0.29, 0.717) is 39.7 Å². The first-order valence-electron chi connectivity index (χ1n) is 9.29. The van der Waals surface area contributed by atoms with E-state index >= 15 is 0 Å². The van der Waals surface area contributed by atoms with E-state index in [0.717, 1.165) is 15.6 Å². The molecule has 3 aromatic heterocycles. The van der Waals surface area contributed by atoms with Crippen molar-refractivity contribution in [3.63, 3.8) is 0 Å². The summed E-state index contributed by atoms with van der Waals surface area (Å²) in [7, 11) is 1.53. The summed E-state index contributed by atoms with van der Waals surface area (Å²) in [6.07, 6.45) is 1.80. The van der Waals surface area contributed by atoms with Gasteiger partial charge < -0.3 is 13.9 Å². The van der Waals surface area contributed by atoms with E-state index in [4.69, 9.17) is 13.9 Å². The van der Waals surface area contributed by atoms with Gasteiger partial charge in [0.2, 0.25) is 0 Å². The van der Waals surface area contributed by atoms with E-state index in [2.05, 4.69) is 4.98 Å². The van der Waals surface area contributed by atoms with Gasteiger partial charge in [0, 0.05) is 11.6 Å². The zero-order chi connectivity index (χ0) is 20.8. The summed E-state index contributed by atoms with van der Waals surface area (Å²) in [4.78, 5) is 29.9. The lowest BCUT2D eigenvalue weighted by molar-refractivity contribution is 0.0526. The summed E-state index contributed by atoms with van der Waals surface area (Å²) in [5.74, 6) is 0.153. The fourth-order valence-electron chi connectivity index (χ4n) is 3.43. The molecule has 0 unspecified atom stereocenters. The molecular weight excluding hydrogens is 404 g/mol. The lowest BCUT2D eigenvalue weighted by atomic mass is 10.1. The molecule has 0 radical (unpaired) electrons. The van der Waals surface area contributed by atoms with Crippen molar-refractivity contribution in [3.8, 4) is 17.0 Å². The Morgan fingerprint density at radius 3 is 2.90 bits per heavy atom. The van der Waals surface area contributed by atoms with Gasteiger partial charge in [0.05, 0.1) is 40.8 Å². The van der Waals surface area contributed by atoms with Gasteiger partial charge in [-0.3, -0.25) is 4.40 Å². The highest BCUT2D eigenvalue weighted by atomic mass is 32.1. The van der Waals surface area contributed by atoms with Crippen LogP contribution in [0.4, 0.5) is 0 Å². The molecule has 0 N–H and O–H groups in total. The molecule has 5 aromatic rings. The van der Waals surface area contributed by atoms with Crippen molar-refractivity contribution in [1.82, 2.24) is 9.38 Å². The van der Waals surface area contributed by atoms with E-state index in [9.17, 15) is 9.59 Å². The van der Waals surface area contributed by atoms with Crippen molar-refractivity contribution in [2.24, 2.45) is 0 Å². The first-order chi connectivity index (χ1) is 14.6. The molecule has 0 amide bonds. The van der Waals surface area contributed by atoms with Crippen molar-refractivity contribution in [2.45, 2.75) is 6.92 Å². The Balaban J connectivity index is 1.63. The highest BCUT2D eigenvalue weighted by Gasteiger charge is 2.17. The molecule has 0 atom stereocenters. The SMILES string of the molecule is CCOC(=O)c1ccc2c(c1)sc1nc(-c3cc4cccc(OC)c4oc3=O)cn12. The van der Waals surface area contributed by atoms with Crippen LogP contribution >= 0.6 is 11.3 Å². The van der Waals surface area contributed by atoms with Crippen LogP contribution in [0.1, 0.15) is 17.3 Å². The lowest BCUT2D eigenvalue weighted by Crippen LogP contribution is -2.04. The zero-order valence-electron chi connectivity index (χ0n) is 16.2. The molecule has 0 aliphatic heterocycles. The predicted octanol–water partition coefficient (Wildman–Crippen LogP) is 4.51. The lowest BCUT2D eigenvalue weighted by Gasteiger charge is -2.04. The normalized spacial score (nSPS) is 11.4. The largest absolute Gasteiger partial charge is 0.493 e. The van der Waals surface area contributed by atoms with Crippen LogP contribution in [0.15, 0.2) is 57.9 Å². The van der Waals surface area contributed by atoms with Gasteiger partial charge in [-0.25, -0.2) is 14.6 Å². The number of rotatable bonds is 4. The van der Waals surface area contributed by atoms with Gasteiger partial charge in [0.15, 0.2) is 16.3 Å². The molecule has 0 aliphatic rings. The molecule has 8 heteroatoms. The van der Waals surface area contributed by atoms with Crippen LogP contribution in [0.3, 0.4) is 0 Å². The zero-order valence-corrected chi connectivity index (χ0v) is 17.0. The molecule has 7 nitrogen and oxygen atoms in total. The molecular formula is C22H16N2O5S. The molecule has 0 spiro atoms. The number of carbonyl (C=O) groups excluding carboxylic acids is 1. The van der Waals surface area contributed by atoms with Crippen molar-refractivity contribution >= 4 is 43.5 Å². The number of hydrogen-bond donors (Lipinski definition) is 0. The van der Waals surface area contributed by atoms with Crippen LogP contribution in [0.25, 0.3) is 37.4 Å². The molecule has 0 aliphatic carbocycles. The smallest absolute Gasteiger partial charge is 0.345 e. The highest BCUT2D eigenvalue weighted by Crippen LogP contribution is 2.31. The average Bonchev–Trinajstić information content (AvgIpc) is 3.30. The minimum Gasteiger partial charge on any atom is -0.493 e. The number of hydrogen-bond acceptors (Lipinski definition) is 7. The van der Waals surface area contributed by atoms with Gasteiger partial charge in [0.1, 0.15) is 0 Å². The monoisotopic (exact) mass is 420 g/mol. The van der Waals surface area contributed by atoms with Gasteiger partial charge >= 0.3 is 11.6 Å². The maximum atomic E-state index is 12.6. The Hall–Kier alpha value is -3.65. The number of ether oxygens (including phenoxy) is 2. The summed E-state index contributed by atoms with van der Waals surface area (Å²) in [6, 6.07) is 12.6. The number of thiazole rings is 1. The predicted molar refractivity (Wildman–Crippen MR) is 115 cm³/mol. The molecule has 0 saturated heterocycles. The number of fused-ring (bicyclic) bond motifs is 4. The van der Waals surface area contributed by atoms with Crippen LogP contribution < -0.4 is 10.4 Å². The summed E-state index contributed by atoms with van der Waals surface area (Å²) in [6.45, 7) is 2.10. The van der Waals surface area contributed by atoms with E-state index < -0.39 is 5.63 Å². The quantitative estimate of drug-likeness (QED) is 0.314. The van der Waals surface area contributed by atoms with Crippen molar-refractivity contribution in [2.75, 3.05) is 13.7 Å². The van der Waals surface area contributed by atoms with Crippen LogP contribution in [0.2, 0.25) is 0 Å². The third-order valence-electron chi connectivity index (χ3n) is 4.83. The maximum absolute atomic E-state index is 12.6. The third kappa shape index (κ3) is 2.84. The van der Waals surface area contributed by atoms with Gasteiger partial charge in [0.25, 0.3) is 0 Å². The summed E-state index contributed by atoms with van der Waals surface area (Å²) in [5, 5.41) is 0.754. The van der Waals surface area contributed by atoms with Crippen molar-refractivity contribution in [1.29, 1.82) is 0 Å².